The fourth-order valence-electron chi connectivity index (χ4n) is 10.6. The molecule has 9 aromatic carbocycles. The van der Waals surface area contributed by atoms with E-state index in [1.54, 1.807) is 0 Å². The van der Waals surface area contributed by atoms with Gasteiger partial charge in [0.25, 0.3) is 0 Å². The molecular formula is C60H41N5. The molecule has 5 nitrogen and oxygen atoms in total. The van der Waals surface area contributed by atoms with Crippen LogP contribution < -0.4 is 0 Å². The zero-order valence-corrected chi connectivity index (χ0v) is 35.9. The van der Waals surface area contributed by atoms with Crippen LogP contribution in [0.25, 0.3) is 111 Å². The molecule has 0 radical (unpaired) electrons. The minimum Gasteiger partial charge on any atom is -0.307 e. The fourth-order valence-corrected chi connectivity index (χ4v) is 10.6. The van der Waals surface area contributed by atoms with Crippen LogP contribution >= 0.6 is 0 Å². The van der Waals surface area contributed by atoms with E-state index >= 15 is 0 Å². The van der Waals surface area contributed by atoms with Crippen molar-refractivity contribution in [3.63, 3.8) is 0 Å². The Balaban J connectivity index is 1.12. The summed E-state index contributed by atoms with van der Waals surface area (Å²) in [6.45, 7) is 4.63. The van der Waals surface area contributed by atoms with E-state index in [1.807, 2.05) is 18.2 Å². The van der Waals surface area contributed by atoms with Gasteiger partial charge in [-0.2, -0.15) is 9.97 Å². The number of para-hydroxylation sites is 3. The maximum Gasteiger partial charge on any atom is 0.238 e. The molecule has 0 aliphatic heterocycles. The quantitative estimate of drug-likeness (QED) is 0.168. The van der Waals surface area contributed by atoms with Crippen molar-refractivity contribution >= 4 is 43.6 Å². The van der Waals surface area contributed by atoms with E-state index in [0.29, 0.717) is 17.6 Å². The molecule has 5 heteroatoms. The molecular weight excluding hydrogens is 791 g/mol. The second-order valence-corrected chi connectivity index (χ2v) is 17.6. The average Bonchev–Trinajstić information content (AvgIpc) is 3.97. The average molecular weight is 832 g/mol. The van der Waals surface area contributed by atoms with Gasteiger partial charge in [-0.05, 0) is 57.1 Å². The smallest absolute Gasteiger partial charge is 0.238 e. The minimum atomic E-state index is -0.174. The van der Waals surface area contributed by atoms with E-state index in [2.05, 4.69) is 217 Å². The van der Waals surface area contributed by atoms with Gasteiger partial charge in [0.2, 0.25) is 5.95 Å². The molecule has 3 heterocycles. The van der Waals surface area contributed by atoms with Crippen LogP contribution in [0.3, 0.4) is 0 Å². The number of fused-ring (bicyclic) bond motifs is 10. The monoisotopic (exact) mass is 831 g/mol. The van der Waals surface area contributed by atoms with Gasteiger partial charge in [-0.25, -0.2) is 4.98 Å². The normalized spacial score (nSPS) is 12.9. The summed E-state index contributed by atoms with van der Waals surface area (Å²) in [5, 5.41) is 4.59. The molecule has 0 unspecified atom stereocenters. The predicted octanol–water partition coefficient (Wildman–Crippen LogP) is 15.0. The van der Waals surface area contributed by atoms with Crippen LogP contribution in [0.2, 0.25) is 0 Å². The molecule has 0 N–H and O–H groups in total. The third-order valence-electron chi connectivity index (χ3n) is 13.6. The Labute approximate surface area is 376 Å². The van der Waals surface area contributed by atoms with Crippen LogP contribution in [0.15, 0.2) is 212 Å². The van der Waals surface area contributed by atoms with E-state index < -0.39 is 0 Å². The summed E-state index contributed by atoms with van der Waals surface area (Å²) in [6.07, 6.45) is 0. The Kier molecular flexibility index (Phi) is 8.18. The molecule has 1 aliphatic carbocycles. The van der Waals surface area contributed by atoms with Crippen molar-refractivity contribution < 1.29 is 0 Å². The van der Waals surface area contributed by atoms with Crippen molar-refractivity contribution in [2.24, 2.45) is 0 Å². The maximum absolute atomic E-state index is 5.56. The second-order valence-electron chi connectivity index (χ2n) is 17.6. The molecule has 1 aliphatic rings. The molecule has 0 atom stereocenters. The van der Waals surface area contributed by atoms with Gasteiger partial charge in [-0.3, -0.25) is 4.57 Å². The summed E-state index contributed by atoms with van der Waals surface area (Å²) >= 11 is 0. The standard InChI is InChI=1S/C60H41N5/c1-60(2)49-27-13-9-25-47(49)54-48(26-17-28-50(54)60)58-61-57(41-20-7-4-8-21-41)62-59(63-58)65-53-31-16-12-24-44(53)46-37-36-45-43-23-11-15-30-52(43)64(55(45)56(46)65)51-29-14-10-22-42(51)40-34-32-39(33-35-40)38-18-5-3-6-19-38/h3-37H,1-2H3. The summed E-state index contributed by atoms with van der Waals surface area (Å²) in [7, 11) is 0. The van der Waals surface area contributed by atoms with E-state index in [0.717, 1.165) is 66.2 Å². The highest BCUT2D eigenvalue weighted by Gasteiger charge is 2.37. The summed E-state index contributed by atoms with van der Waals surface area (Å²) in [5.74, 6) is 1.83. The van der Waals surface area contributed by atoms with Gasteiger partial charge in [0.05, 0.1) is 27.8 Å². The molecule has 12 aromatic rings. The third-order valence-corrected chi connectivity index (χ3v) is 13.6. The Morgan fingerprint density at radius 2 is 0.846 bits per heavy atom. The predicted molar refractivity (Wildman–Crippen MR) is 268 cm³/mol. The summed E-state index contributed by atoms with van der Waals surface area (Å²) < 4.78 is 4.75. The lowest BCUT2D eigenvalue weighted by molar-refractivity contribution is 0.660. The lowest BCUT2D eigenvalue weighted by Gasteiger charge is -2.21. The van der Waals surface area contributed by atoms with E-state index in [-0.39, 0.29) is 5.41 Å². The van der Waals surface area contributed by atoms with Crippen molar-refractivity contribution in [3.8, 4) is 67.8 Å². The lowest BCUT2D eigenvalue weighted by Crippen LogP contribution is -2.14. The topological polar surface area (TPSA) is 48.5 Å². The SMILES string of the molecule is CC1(C)c2ccccc2-c2c(-c3nc(-c4ccccc4)nc(-n4c5ccccc5c5ccc6c7ccccc7n(-c7ccccc7-c7ccc(-c8ccccc8)cc7)c6c54)n3)cccc21. The zero-order chi connectivity index (χ0) is 43.2. The fraction of sp³-hybridized carbons (Fsp3) is 0.0500. The summed E-state index contributed by atoms with van der Waals surface area (Å²) in [6, 6.07) is 76.0. The first-order valence-electron chi connectivity index (χ1n) is 22.3. The summed E-state index contributed by atoms with van der Waals surface area (Å²) in [5.41, 5.74) is 16.8. The number of aromatic nitrogens is 5. The van der Waals surface area contributed by atoms with Gasteiger partial charge >= 0.3 is 0 Å². The molecule has 306 valence electrons. The van der Waals surface area contributed by atoms with Gasteiger partial charge in [0.1, 0.15) is 0 Å². The Morgan fingerprint density at radius 3 is 1.57 bits per heavy atom. The van der Waals surface area contributed by atoms with Crippen LogP contribution in [0.1, 0.15) is 25.0 Å². The van der Waals surface area contributed by atoms with Gasteiger partial charge in [-0.1, -0.05) is 208 Å². The van der Waals surface area contributed by atoms with Crippen LogP contribution in [-0.2, 0) is 5.41 Å². The van der Waals surface area contributed by atoms with Crippen molar-refractivity contribution in [1.29, 1.82) is 0 Å². The van der Waals surface area contributed by atoms with Crippen LogP contribution in [0.5, 0.6) is 0 Å². The first-order valence-corrected chi connectivity index (χ1v) is 22.3. The molecule has 0 amide bonds. The number of benzene rings is 9. The molecule has 13 rings (SSSR count). The number of hydrogen-bond donors (Lipinski definition) is 0. The zero-order valence-electron chi connectivity index (χ0n) is 35.9. The highest BCUT2D eigenvalue weighted by molar-refractivity contribution is 6.24. The van der Waals surface area contributed by atoms with Gasteiger partial charge in [0, 0.05) is 43.7 Å². The van der Waals surface area contributed by atoms with Crippen LogP contribution in [0, 0.1) is 0 Å². The second kappa shape index (κ2) is 14.3. The molecule has 0 fully saturated rings. The lowest BCUT2D eigenvalue weighted by atomic mass is 9.82. The highest BCUT2D eigenvalue weighted by atomic mass is 15.2. The van der Waals surface area contributed by atoms with Crippen LogP contribution in [-0.4, -0.2) is 24.1 Å². The van der Waals surface area contributed by atoms with E-state index in [4.69, 9.17) is 15.0 Å². The Bertz CT molecular complexity index is 3840. The number of hydrogen-bond acceptors (Lipinski definition) is 3. The van der Waals surface area contributed by atoms with E-state index in [9.17, 15) is 0 Å². The number of rotatable bonds is 6. The van der Waals surface area contributed by atoms with Crippen molar-refractivity contribution in [2.75, 3.05) is 0 Å². The Morgan fingerprint density at radius 1 is 0.338 bits per heavy atom. The van der Waals surface area contributed by atoms with Crippen molar-refractivity contribution in [3.05, 3.63) is 223 Å². The van der Waals surface area contributed by atoms with Crippen molar-refractivity contribution in [1.82, 2.24) is 24.1 Å². The molecule has 65 heavy (non-hydrogen) atoms. The van der Waals surface area contributed by atoms with E-state index in [1.165, 1.54) is 38.8 Å². The Hall–Kier alpha value is -8.41. The molecule has 0 spiro atoms. The van der Waals surface area contributed by atoms with Crippen LogP contribution in [0.4, 0.5) is 0 Å². The molecule has 0 saturated carbocycles. The van der Waals surface area contributed by atoms with Gasteiger partial charge in [0.15, 0.2) is 11.6 Å². The third kappa shape index (κ3) is 5.62. The van der Waals surface area contributed by atoms with Gasteiger partial charge < -0.3 is 4.57 Å². The molecule has 3 aromatic heterocycles. The summed E-state index contributed by atoms with van der Waals surface area (Å²) in [4.78, 5) is 16.3. The first kappa shape index (κ1) is 37.2. The number of nitrogens with zero attached hydrogens (tertiary/aromatic N) is 5. The molecule has 0 saturated heterocycles. The maximum atomic E-state index is 5.56. The molecule has 0 bridgehead atoms. The largest absolute Gasteiger partial charge is 0.307 e. The van der Waals surface area contributed by atoms with Crippen molar-refractivity contribution in [2.45, 2.75) is 19.3 Å². The minimum absolute atomic E-state index is 0.174. The first-order chi connectivity index (χ1) is 32.0. The van der Waals surface area contributed by atoms with Gasteiger partial charge in [-0.15, -0.1) is 0 Å². The highest BCUT2D eigenvalue weighted by Crippen LogP contribution is 2.52.